The minimum Gasteiger partial charge on any atom is -0.446 e. The second-order valence-corrected chi connectivity index (χ2v) is 10.2. The van der Waals surface area contributed by atoms with E-state index in [0.29, 0.717) is 45.4 Å². The molecule has 0 amide bonds. The van der Waals surface area contributed by atoms with E-state index in [0.717, 1.165) is 24.9 Å². The van der Waals surface area contributed by atoms with Crippen LogP contribution in [-0.4, -0.2) is 36.7 Å². The van der Waals surface area contributed by atoms with Gasteiger partial charge in [-0.2, -0.15) is 10.1 Å². The quantitative estimate of drug-likeness (QED) is 0.354. The molecule has 1 aliphatic carbocycles. The fourth-order valence-corrected chi connectivity index (χ4v) is 4.43. The maximum atomic E-state index is 7.75. The van der Waals surface area contributed by atoms with Crippen LogP contribution in [0.3, 0.4) is 0 Å². The van der Waals surface area contributed by atoms with Crippen LogP contribution in [0.4, 0.5) is 11.8 Å². The Morgan fingerprint density at radius 3 is 2.77 bits per heavy atom. The summed E-state index contributed by atoms with van der Waals surface area (Å²) in [5.41, 5.74) is 2.95. The van der Waals surface area contributed by atoms with Crippen LogP contribution in [0.25, 0.3) is 11.2 Å². The maximum absolute atomic E-state index is 7.75. The zero-order chi connectivity index (χ0) is 24.7. The molecule has 11 heteroatoms. The molecule has 0 unspecified atom stereocenters. The van der Waals surface area contributed by atoms with Gasteiger partial charge in [0.15, 0.2) is 22.9 Å². The maximum Gasteiger partial charge on any atom is 0.210 e. The molecular weight excluding hydrogens is 466 g/mol. The number of nitrogens with two attached hydrogens (primary N) is 1. The largest absolute Gasteiger partial charge is 0.446 e. The molecule has 182 valence electrons. The first-order valence-electron chi connectivity index (χ1n) is 11.6. The molecule has 3 aromatic rings. The van der Waals surface area contributed by atoms with E-state index in [1.807, 2.05) is 16.9 Å². The number of quaternary nitrogens is 1. The van der Waals surface area contributed by atoms with E-state index >= 15 is 0 Å². The van der Waals surface area contributed by atoms with E-state index in [1.165, 1.54) is 18.3 Å². The number of hydrogen-bond donors (Lipinski definition) is 3. The van der Waals surface area contributed by atoms with Gasteiger partial charge in [0.25, 0.3) is 0 Å². The molecular formula is C24H29ClN9O+. The second kappa shape index (κ2) is 8.94. The molecule has 35 heavy (non-hydrogen) atoms. The monoisotopic (exact) mass is 494 g/mol. The summed E-state index contributed by atoms with van der Waals surface area (Å²) in [5, 5.41) is 18.1. The van der Waals surface area contributed by atoms with Gasteiger partial charge in [0, 0.05) is 24.2 Å². The molecule has 0 bridgehead atoms. The first-order valence-corrected chi connectivity index (χ1v) is 12.0. The number of aromatic nitrogens is 5. The summed E-state index contributed by atoms with van der Waals surface area (Å²) < 4.78 is 9.94. The molecule has 1 aliphatic heterocycles. The highest BCUT2D eigenvalue weighted by Gasteiger charge is 2.29. The zero-order valence-electron chi connectivity index (χ0n) is 20.2. The number of fused-ring (bicyclic) bond motifs is 1. The topological polar surface area (TPSA) is 123 Å². The van der Waals surface area contributed by atoms with Gasteiger partial charge in [0.05, 0.1) is 30.9 Å². The standard InChI is InChI=1S/C24H28ClN9O/c1-24(2,3)18-10-19(32-34(18)14-6-5-7-14)30-23-31-22-21(33(23)4)20(25)17(13-29-22)35-16(11-26)15-12-27-8-9-28-15/h8-14,26,28H,5-7H2,1-4H3,(H,29,30,31,32)/p+1/b16-15+,26-11?. The van der Waals surface area contributed by atoms with Gasteiger partial charge in [-0.15, -0.1) is 0 Å². The van der Waals surface area contributed by atoms with Gasteiger partial charge in [0.1, 0.15) is 16.7 Å². The van der Waals surface area contributed by atoms with Crippen molar-refractivity contribution in [1.29, 1.82) is 5.41 Å². The summed E-state index contributed by atoms with van der Waals surface area (Å²) in [7, 11) is 1.87. The van der Waals surface area contributed by atoms with Crippen molar-refractivity contribution in [3.63, 3.8) is 0 Å². The molecule has 10 nitrogen and oxygen atoms in total. The molecule has 0 radical (unpaired) electrons. The zero-order valence-corrected chi connectivity index (χ0v) is 21.0. The van der Waals surface area contributed by atoms with Gasteiger partial charge in [-0.3, -0.25) is 15.0 Å². The van der Waals surface area contributed by atoms with E-state index < -0.39 is 0 Å². The van der Waals surface area contributed by atoms with Crippen LogP contribution in [0, 0.1) is 5.41 Å². The van der Waals surface area contributed by atoms with Crippen molar-refractivity contribution < 1.29 is 10.1 Å². The minimum absolute atomic E-state index is 0.0245. The van der Waals surface area contributed by atoms with E-state index in [4.69, 9.17) is 26.8 Å². The highest BCUT2D eigenvalue weighted by atomic mass is 35.5. The number of hydrogen-bond acceptors (Lipinski definition) is 7. The summed E-state index contributed by atoms with van der Waals surface area (Å²) >= 11 is 6.73. The number of allylic oxidation sites excluding steroid dienone is 2. The van der Waals surface area contributed by atoms with Crippen LogP contribution in [0.15, 0.2) is 41.1 Å². The van der Waals surface area contributed by atoms with Crippen LogP contribution >= 0.6 is 11.6 Å². The first-order chi connectivity index (χ1) is 16.8. The number of aryl methyl sites for hydroxylation is 1. The fourth-order valence-electron chi connectivity index (χ4n) is 4.13. The number of rotatable bonds is 6. The highest BCUT2D eigenvalue weighted by molar-refractivity contribution is 6.36. The molecule has 3 aromatic heterocycles. The van der Waals surface area contributed by atoms with E-state index in [1.54, 1.807) is 18.6 Å². The lowest BCUT2D eigenvalue weighted by Crippen LogP contribution is -2.77. The van der Waals surface area contributed by atoms with Crippen LogP contribution in [0.2, 0.25) is 5.02 Å². The Balaban J connectivity index is 1.47. The van der Waals surface area contributed by atoms with Gasteiger partial charge < -0.3 is 20.0 Å². The van der Waals surface area contributed by atoms with Gasteiger partial charge in [-0.25, -0.2) is 4.98 Å². The number of aliphatic imine (C=N–C) groups is 1. The Labute approximate surface area is 208 Å². The van der Waals surface area contributed by atoms with Crippen molar-refractivity contribution in [1.82, 2.24) is 24.3 Å². The Morgan fingerprint density at radius 1 is 1.34 bits per heavy atom. The Bertz CT molecular complexity index is 1390. The van der Waals surface area contributed by atoms with Crippen molar-refractivity contribution in [3.8, 4) is 5.75 Å². The van der Waals surface area contributed by atoms with E-state index in [-0.39, 0.29) is 5.41 Å². The third-order valence-electron chi connectivity index (χ3n) is 6.27. The average molecular weight is 495 g/mol. The summed E-state index contributed by atoms with van der Waals surface area (Å²) in [6, 6.07) is 2.55. The normalized spacial score (nSPS) is 17.5. The predicted octanol–water partition coefficient (Wildman–Crippen LogP) is 3.94. The summed E-state index contributed by atoms with van der Waals surface area (Å²) in [6.45, 7) is 6.61. The van der Waals surface area contributed by atoms with Crippen LogP contribution < -0.4 is 15.4 Å². The van der Waals surface area contributed by atoms with Crippen molar-refractivity contribution in [2.75, 3.05) is 5.32 Å². The second-order valence-electron chi connectivity index (χ2n) is 9.77. The molecule has 1 saturated carbocycles. The van der Waals surface area contributed by atoms with Crippen LogP contribution in [0.1, 0.15) is 51.8 Å². The number of pyridine rings is 1. The minimum atomic E-state index is -0.0245. The average Bonchev–Trinajstić information content (AvgIpc) is 3.34. The molecule has 4 N–H and O–H groups in total. The SMILES string of the molecule is Cn1c(Nc2cc(C(C)(C)C)n(C3CCC3)n2)nc2ncc(O/C(C=N)=C3\C=NC=C[NH2+]3)c(Cl)c21. The number of halogens is 1. The predicted molar refractivity (Wildman–Crippen MR) is 137 cm³/mol. The van der Waals surface area contributed by atoms with E-state index in [2.05, 4.69) is 51.8 Å². The van der Waals surface area contributed by atoms with Gasteiger partial charge >= 0.3 is 0 Å². The smallest absolute Gasteiger partial charge is 0.210 e. The first kappa shape index (κ1) is 23.3. The highest BCUT2D eigenvalue weighted by Crippen LogP contribution is 2.38. The molecule has 2 aliphatic rings. The summed E-state index contributed by atoms with van der Waals surface area (Å²) in [6.07, 6.45) is 11.3. The van der Waals surface area contributed by atoms with Gasteiger partial charge in [-0.05, 0) is 19.3 Å². The number of imidazole rings is 1. The third-order valence-corrected chi connectivity index (χ3v) is 6.63. The molecule has 0 spiro atoms. The molecule has 5 rings (SSSR count). The van der Waals surface area contributed by atoms with Gasteiger partial charge in [-0.1, -0.05) is 32.4 Å². The number of nitrogens with zero attached hydrogens (tertiary/aromatic N) is 6. The lowest BCUT2D eigenvalue weighted by atomic mass is 9.88. The van der Waals surface area contributed by atoms with Gasteiger partial charge in [0.2, 0.25) is 11.7 Å². The van der Waals surface area contributed by atoms with Crippen molar-refractivity contribution in [2.24, 2.45) is 12.0 Å². The van der Waals surface area contributed by atoms with Crippen molar-refractivity contribution >= 4 is 47.0 Å². The number of anilines is 2. The molecule has 0 atom stereocenters. The Kier molecular flexibility index (Phi) is 5.94. The summed E-state index contributed by atoms with van der Waals surface area (Å²) in [4.78, 5) is 13.2. The van der Waals surface area contributed by atoms with Crippen LogP contribution in [0.5, 0.6) is 5.75 Å². The lowest BCUT2D eigenvalue weighted by Gasteiger charge is -2.31. The van der Waals surface area contributed by atoms with Crippen molar-refractivity contribution in [3.05, 3.63) is 46.8 Å². The number of ether oxygens (including phenoxy) is 1. The molecule has 0 aromatic carbocycles. The lowest BCUT2D eigenvalue weighted by molar-refractivity contribution is -0.528. The Hall–Kier alpha value is -3.50. The van der Waals surface area contributed by atoms with Crippen LogP contribution in [-0.2, 0) is 12.5 Å². The summed E-state index contributed by atoms with van der Waals surface area (Å²) in [5.74, 6) is 1.97. The van der Waals surface area contributed by atoms with E-state index in [9.17, 15) is 0 Å². The molecule has 1 fully saturated rings. The van der Waals surface area contributed by atoms with Crippen molar-refractivity contribution in [2.45, 2.75) is 51.5 Å². The molecule has 0 saturated heterocycles. The molecule has 4 heterocycles. The Morgan fingerprint density at radius 2 is 2.14 bits per heavy atom. The fraction of sp³-hybridized carbons (Fsp3) is 0.375. The number of nitrogens with one attached hydrogen (secondary N) is 2. The third kappa shape index (κ3) is 4.35.